The molecule has 6 aliphatic rings. The van der Waals surface area contributed by atoms with E-state index in [1.54, 1.807) is 23.8 Å². The molecule has 7 nitrogen and oxygen atoms in total. The van der Waals surface area contributed by atoms with Gasteiger partial charge in [0.05, 0.1) is 29.8 Å². The Labute approximate surface area is 293 Å². The minimum atomic E-state index is -1.11. The molecule has 7 heteroatoms. The van der Waals surface area contributed by atoms with Crippen molar-refractivity contribution < 1.29 is 29.0 Å². The van der Waals surface area contributed by atoms with E-state index in [1.807, 2.05) is 0 Å². The molecule has 4 saturated carbocycles. The Morgan fingerprint density at radius 2 is 1.47 bits per heavy atom. The second kappa shape index (κ2) is 11.7. The van der Waals surface area contributed by atoms with Crippen molar-refractivity contribution in [2.45, 2.75) is 125 Å². The highest BCUT2D eigenvalue weighted by Gasteiger charge is 2.68. The highest BCUT2D eigenvalue weighted by molar-refractivity contribution is 6.02. The average Bonchev–Trinajstić information content (AvgIpc) is 3.06. The van der Waals surface area contributed by atoms with Gasteiger partial charge >= 0.3 is 11.9 Å². The molecule has 5 aliphatic carbocycles. The number of carboxylic acids is 1. The summed E-state index contributed by atoms with van der Waals surface area (Å²) in [5.41, 5.74) is 3.13. The molecule has 1 aromatic rings. The fourth-order valence-corrected chi connectivity index (χ4v) is 12.9. The van der Waals surface area contributed by atoms with Gasteiger partial charge in [-0.3, -0.25) is 4.79 Å². The molecule has 5 fully saturated rings. The van der Waals surface area contributed by atoms with Gasteiger partial charge in [0.25, 0.3) is 0 Å². The molecule has 1 aromatic carbocycles. The molecule has 7 atom stereocenters. The molecule has 1 aliphatic heterocycles. The van der Waals surface area contributed by atoms with Crippen LogP contribution in [0.3, 0.4) is 0 Å². The number of carbonyl (C=O) groups excluding carboxylic acids is 2. The van der Waals surface area contributed by atoms with E-state index >= 15 is 0 Å². The van der Waals surface area contributed by atoms with Crippen molar-refractivity contribution in [3.8, 4) is 0 Å². The molecule has 268 valence electrons. The molecule has 0 bridgehead atoms. The van der Waals surface area contributed by atoms with Gasteiger partial charge in [0.15, 0.2) is 0 Å². The lowest BCUT2D eigenvalue weighted by Crippen LogP contribution is -2.65. The van der Waals surface area contributed by atoms with E-state index in [0.717, 1.165) is 70.6 Å². The van der Waals surface area contributed by atoms with E-state index in [4.69, 9.17) is 9.47 Å². The Morgan fingerprint density at radius 3 is 2.16 bits per heavy atom. The molecule has 1 heterocycles. The van der Waals surface area contributed by atoms with Gasteiger partial charge in [-0.15, -0.1) is 0 Å². The van der Waals surface area contributed by atoms with E-state index in [-0.39, 0.29) is 49.7 Å². The van der Waals surface area contributed by atoms with Gasteiger partial charge < -0.3 is 19.5 Å². The molecule has 1 N–H and O–H groups in total. The average molecular weight is 674 g/mol. The maximum atomic E-state index is 14.6. The van der Waals surface area contributed by atoms with E-state index in [9.17, 15) is 19.5 Å². The number of rotatable bonds is 4. The number of hydrogen-bond acceptors (Lipinski definition) is 5. The third kappa shape index (κ3) is 5.09. The highest BCUT2D eigenvalue weighted by atomic mass is 16.5. The fourth-order valence-electron chi connectivity index (χ4n) is 12.9. The van der Waals surface area contributed by atoms with Crippen molar-refractivity contribution in [3.63, 3.8) is 0 Å². The summed E-state index contributed by atoms with van der Waals surface area (Å²) in [4.78, 5) is 42.0. The van der Waals surface area contributed by atoms with Crippen LogP contribution >= 0.6 is 0 Å². The van der Waals surface area contributed by atoms with Crippen LogP contribution in [0, 0.1) is 44.3 Å². The molecular formula is C42H59NO6. The quantitative estimate of drug-likeness (QED) is 0.254. The van der Waals surface area contributed by atoms with Crippen molar-refractivity contribution in [2.24, 2.45) is 44.3 Å². The zero-order valence-electron chi connectivity index (χ0n) is 31.1. The minimum absolute atomic E-state index is 0.00994. The number of nitrogens with zero attached hydrogens (tertiary/aromatic N) is 1. The van der Waals surface area contributed by atoms with Gasteiger partial charge in [-0.2, -0.15) is 0 Å². The number of esters is 1. The number of morpholine rings is 1. The van der Waals surface area contributed by atoms with Crippen molar-refractivity contribution in [2.75, 3.05) is 26.3 Å². The summed E-state index contributed by atoms with van der Waals surface area (Å²) < 4.78 is 11.9. The molecular weight excluding hydrogens is 614 g/mol. The number of allylic oxidation sites excluding steroid dienone is 1. The number of carbonyl (C=O) groups is 3. The number of hydrogen-bond donors (Lipinski definition) is 1. The Kier molecular flexibility index (Phi) is 8.29. The van der Waals surface area contributed by atoms with Crippen LogP contribution < -0.4 is 0 Å². The van der Waals surface area contributed by atoms with Gasteiger partial charge in [-0.25, -0.2) is 9.59 Å². The number of amides is 1. The van der Waals surface area contributed by atoms with Crippen LogP contribution in [-0.4, -0.2) is 60.3 Å². The van der Waals surface area contributed by atoms with Crippen LogP contribution in [-0.2, 0) is 14.3 Å². The van der Waals surface area contributed by atoms with Crippen molar-refractivity contribution in [1.82, 2.24) is 4.90 Å². The summed E-state index contributed by atoms with van der Waals surface area (Å²) in [6.07, 6.45) is 11.1. The second-order valence-corrected chi connectivity index (χ2v) is 18.8. The first kappa shape index (κ1) is 34.8. The predicted octanol–water partition coefficient (Wildman–Crippen LogP) is 8.71. The van der Waals surface area contributed by atoms with Crippen molar-refractivity contribution in [1.29, 1.82) is 0 Å². The van der Waals surface area contributed by atoms with Gasteiger partial charge in [0, 0.05) is 18.5 Å². The highest BCUT2D eigenvalue weighted by Crippen LogP contribution is 2.75. The number of aromatic carboxylic acids is 1. The lowest BCUT2D eigenvalue weighted by Gasteiger charge is -2.71. The number of ether oxygens (including phenoxy) is 2. The Hall–Kier alpha value is -2.67. The van der Waals surface area contributed by atoms with Gasteiger partial charge in [0.1, 0.15) is 6.10 Å². The molecule has 7 rings (SSSR count). The molecule has 0 spiro atoms. The lowest BCUT2D eigenvalue weighted by molar-refractivity contribution is -0.205. The standard InChI is InChI=1S/C42H59NO6/c1-37(2)18-20-42(36(47)43-22-24-48-25-23-43)21-19-40(6)29(30(42)26-37)12-13-32-39(5)16-15-33(38(3,4)31(39)14-17-41(32,40)7)49-35(46)28-11-9-8-10-27(28)34(44)45/h8-11,31-33H,12-26H2,1-7H3,(H,44,45)/t31-,32+,33?,39-,40+,41+,42-/m0/s1. The Balaban J connectivity index is 1.20. The maximum Gasteiger partial charge on any atom is 0.339 e. The normalized spacial score (nSPS) is 39.5. The summed E-state index contributed by atoms with van der Waals surface area (Å²) in [6, 6.07) is 6.38. The maximum absolute atomic E-state index is 14.6. The third-order valence-electron chi connectivity index (χ3n) is 15.8. The monoisotopic (exact) mass is 673 g/mol. The summed E-state index contributed by atoms with van der Waals surface area (Å²) in [6.45, 7) is 19.8. The smallest absolute Gasteiger partial charge is 0.339 e. The van der Waals surface area contributed by atoms with E-state index in [1.165, 1.54) is 11.6 Å². The van der Waals surface area contributed by atoms with Gasteiger partial charge in [0.2, 0.25) is 5.91 Å². The van der Waals surface area contributed by atoms with Crippen molar-refractivity contribution >= 4 is 17.8 Å². The number of benzene rings is 1. The zero-order valence-corrected chi connectivity index (χ0v) is 31.1. The number of carboxylic acid groups (broad SMARTS) is 1. The fraction of sp³-hybridized carbons (Fsp3) is 0.738. The molecule has 1 amide bonds. The van der Waals surface area contributed by atoms with Crippen LogP contribution in [0.4, 0.5) is 0 Å². The third-order valence-corrected chi connectivity index (χ3v) is 15.8. The van der Waals surface area contributed by atoms with E-state index in [2.05, 4.69) is 53.4 Å². The summed E-state index contributed by atoms with van der Waals surface area (Å²) in [5, 5.41) is 9.71. The van der Waals surface area contributed by atoms with Crippen molar-refractivity contribution in [3.05, 3.63) is 46.5 Å². The van der Waals surface area contributed by atoms with E-state index < -0.39 is 11.9 Å². The lowest BCUT2D eigenvalue weighted by atomic mass is 9.34. The van der Waals surface area contributed by atoms with E-state index in [0.29, 0.717) is 44.0 Å². The van der Waals surface area contributed by atoms with Gasteiger partial charge in [-0.05, 0) is 116 Å². The second-order valence-electron chi connectivity index (χ2n) is 18.8. The zero-order chi connectivity index (χ0) is 35.2. The molecule has 49 heavy (non-hydrogen) atoms. The minimum Gasteiger partial charge on any atom is -0.478 e. The first-order valence-electron chi connectivity index (χ1n) is 19.1. The Morgan fingerprint density at radius 1 is 0.796 bits per heavy atom. The van der Waals surface area contributed by atoms with Gasteiger partial charge in [-0.1, -0.05) is 71.7 Å². The molecule has 0 radical (unpaired) electrons. The van der Waals surface area contributed by atoms with Crippen LogP contribution in [0.25, 0.3) is 0 Å². The Bertz CT molecular complexity index is 1570. The molecule has 1 unspecified atom stereocenters. The predicted molar refractivity (Wildman–Crippen MR) is 189 cm³/mol. The summed E-state index contributed by atoms with van der Waals surface area (Å²) in [7, 11) is 0. The number of fused-ring (bicyclic) bond motifs is 6. The van der Waals surface area contributed by atoms with Crippen LogP contribution in [0.15, 0.2) is 35.4 Å². The topological polar surface area (TPSA) is 93.1 Å². The largest absolute Gasteiger partial charge is 0.478 e. The summed E-state index contributed by atoms with van der Waals surface area (Å²) in [5.74, 6) is -0.349. The first-order chi connectivity index (χ1) is 23.0. The molecule has 0 aromatic heterocycles. The molecule has 1 saturated heterocycles. The van der Waals surface area contributed by atoms with Crippen LogP contribution in [0.1, 0.15) is 140 Å². The SMILES string of the molecule is CC1(C)CC[C@]2(C(=O)N3CCOCC3)CC[C@]3(C)C(=C2C1)CC[C@@H]1[C@@]2(C)CCC(OC(=O)c4ccccc4C(=O)O)C(C)(C)[C@@H]2CC[C@]13C. The van der Waals surface area contributed by atoms with Crippen LogP contribution in [0.2, 0.25) is 0 Å². The summed E-state index contributed by atoms with van der Waals surface area (Å²) >= 11 is 0. The first-order valence-corrected chi connectivity index (χ1v) is 19.1. The van der Waals surface area contributed by atoms with Crippen LogP contribution in [0.5, 0.6) is 0 Å².